The molecule has 2 rings (SSSR count). The maximum atomic E-state index is 12.4. The predicted octanol–water partition coefficient (Wildman–Crippen LogP) is 1.95. The monoisotopic (exact) mass is 359 g/mol. The van der Waals surface area contributed by atoms with Crippen LogP contribution < -0.4 is 10.6 Å². The number of carbonyl (C=O) groups is 3. The number of nitrogens with zero attached hydrogens (tertiary/aromatic N) is 1. The van der Waals surface area contributed by atoms with Crippen LogP contribution in [0, 0.1) is 11.3 Å². The fraction of sp³-hybridized carbons (Fsp3) is 0.550. The second-order valence-corrected chi connectivity index (χ2v) is 7.81. The molecule has 0 saturated carbocycles. The van der Waals surface area contributed by atoms with Crippen LogP contribution >= 0.6 is 0 Å². The first-order chi connectivity index (χ1) is 12.2. The molecule has 1 aromatic rings. The highest BCUT2D eigenvalue weighted by molar-refractivity contribution is 5.93. The Kier molecular flexibility index (Phi) is 6.40. The summed E-state index contributed by atoms with van der Waals surface area (Å²) in [6, 6.07) is 7.18. The maximum absolute atomic E-state index is 12.4. The molecule has 1 aliphatic rings. The van der Waals surface area contributed by atoms with Crippen LogP contribution in [0.2, 0.25) is 0 Å². The molecule has 0 bridgehead atoms. The molecule has 0 spiro atoms. The third-order valence-corrected chi connectivity index (χ3v) is 4.70. The average Bonchev–Trinajstić information content (AvgIpc) is 2.64. The molecule has 1 saturated heterocycles. The zero-order valence-electron chi connectivity index (χ0n) is 16.1. The molecule has 0 unspecified atom stereocenters. The van der Waals surface area contributed by atoms with E-state index >= 15 is 0 Å². The normalized spacial score (nSPS) is 15.5. The van der Waals surface area contributed by atoms with Crippen molar-refractivity contribution in [2.24, 2.45) is 11.3 Å². The van der Waals surface area contributed by atoms with E-state index in [1.807, 2.05) is 37.8 Å². The minimum atomic E-state index is -0.379. The van der Waals surface area contributed by atoms with Gasteiger partial charge >= 0.3 is 0 Å². The van der Waals surface area contributed by atoms with Crippen molar-refractivity contribution >= 4 is 17.7 Å². The van der Waals surface area contributed by atoms with Crippen molar-refractivity contribution < 1.29 is 14.4 Å². The first-order valence-corrected chi connectivity index (χ1v) is 9.10. The number of hydrogen-bond acceptors (Lipinski definition) is 3. The molecule has 0 aliphatic carbocycles. The maximum Gasteiger partial charge on any atom is 0.251 e. The summed E-state index contributed by atoms with van der Waals surface area (Å²) >= 11 is 0. The van der Waals surface area contributed by atoms with E-state index in [1.165, 1.54) is 0 Å². The van der Waals surface area contributed by atoms with Crippen LogP contribution in [0.1, 0.15) is 49.5 Å². The van der Waals surface area contributed by atoms with Crippen molar-refractivity contribution in [1.82, 2.24) is 15.5 Å². The fourth-order valence-corrected chi connectivity index (χ4v) is 3.07. The summed E-state index contributed by atoms with van der Waals surface area (Å²) in [4.78, 5) is 38.1. The lowest BCUT2D eigenvalue weighted by molar-refractivity contribution is -0.142. The van der Waals surface area contributed by atoms with E-state index in [9.17, 15) is 14.4 Å². The first-order valence-electron chi connectivity index (χ1n) is 9.10. The number of rotatable bonds is 4. The van der Waals surface area contributed by atoms with Crippen molar-refractivity contribution in [3.63, 3.8) is 0 Å². The first kappa shape index (κ1) is 19.9. The van der Waals surface area contributed by atoms with E-state index in [0.717, 1.165) is 5.56 Å². The van der Waals surface area contributed by atoms with E-state index in [-0.39, 0.29) is 29.1 Å². The minimum Gasteiger partial charge on any atom is -0.355 e. The van der Waals surface area contributed by atoms with Gasteiger partial charge in [-0.3, -0.25) is 14.4 Å². The molecule has 0 radical (unpaired) electrons. The van der Waals surface area contributed by atoms with Crippen molar-refractivity contribution in [1.29, 1.82) is 0 Å². The molecule has 0 aromatic heterocycles. The van der Waals surface area contributed by atoms with Gasteiger partial charge in [-0.15, -0.1) is 0 Å². The van der Waals surface area contributed by atoms with Crippen LogP contribution in [-0.4, -0.2) is 42.8 Å². The molecule has 142 valence electrons. The van der Waals surface area contributed by atoms with Gasteiger partial charge in [-0.1, -0.05) is 32.9 Å². The Morgan fingerprint density at radius 3 is 2.15 bits per heavy atom. The van der Waals surface area contributed by atoms with E-state index in [4.69, 9.17) is 0 Å². The van der Waals surface area contributed by atoms with Gasteiger partial charge in [0.25, 0.3) is 5.91 Å². The van der Waals surface area contributed by atoms with Gasteiger partial charge in [0.2, 0.25) is 11.8 Å². The molecular weight excluding hydrogens is 330 g/mol. The molecule has 1 aliphatic heterocycles. The highest BCUT2D eigenvalue weighted by Crippen LogP contribution is 2.23. The van der Waals surface area contributed by atoms with Crippen LogP contribution in [-0.2, 0) is 16.1 Å². The third-order valence-electron chi connectivity index (χ3n) is 4.70. The number of benzene rings is 1. The Morgan fingerprint density at radius 2 is 1.65 bits per heavy atom. The summed E-state index contributed by atoms with van der Waals surface area (Å²) in [6.07, 6.45) is 1.40. The van der Waals surface area contributed by atoms with Gasteiger partial charge in [-0.05, 0) is 30.5 Å². The largest absolute Gasteiger partial charge is 0.355 e. The highest BCUT2D eigenvalue weighted by atomic mass is 16.2. The van der Waals surface area contributed by atoms with Crippen molar-refractivity contribution in [2.75, 3.05) is 20.1 Å². The number of hydrogen-bond donors (Lipinski definition) is 2. The Morgan fingerprint density at radius 1 is 1.08 bits per heavy atom. The smallest absolute Gasteiger partial charge is 0.251 e. The van der Waals surface area contributed by atoms with Crippen molar-refractivity contribution in [3.8, 4) is 0 Å². The second kappa shape index (κ2) is 8.34. The molecule has 1 aromatic carbocycles. The summed E-state index contributed by atoms with van der Waals surface area (Å²) in [7, 11) is 1.59. The molecule has 1 heterocycles. The van der Waals surface area contributed by atoms with E-state index in [0.29, 0.717) is 38.0 Å². The molecule has 1 fully saturated rings. The molecule has 0 atom stereocenters. The number of nitrogens with one attached hydrogen (secondary N) is 2. The van der Waals surface area contributed by atoms with Crippen LogP contribution in [0.3, 0.4) is 0 Å². The number of amides is 3. The van der Waals surface area contributed by atoms with Crippen LogP contribution in [0.4, 0.5) is 0 Å². The topological polar surface area (TPSA) is 78.5 Å². The lowest BCUT2D eigenvalue weighted by Gasteiger charge is -2.35. The van der Waals surface area contributed by atoms with Gasteiger partial charge in [-0.2, -0.15) is 0 Å². The second-order valence-electron chi connectivity index (χ2n) is 7.81. The van der Waals surface area contributed by atoms with Gasteiger partial charge in [0.05, 0.1) is 0 Å². The lowest BCUT2D eigenvalue weighted by Crippen LogP contribution is -2.46. The van der Waals surface area contributed by atoms with Crippen molar-refractivity contribution in [2.45, 2.75) is 40.2 Å². The van der Waals surface area contributed by atoms with E-state index in [2.05, 4.69) is 10.6 Å². The van der Waals surface area contributed by atoms with Crippen LogP contribution in [0.5, 0.6) is 0 Å². The van der Waals surface area contributed by atoms with Gasteiger partial charge in [0.15, 0.2) is 0 Å². The van der Waals surface area contributed by atoms with Gasteiger partial charge < -0.3 is 15.5 Å². The molecule has 26 heavy (non-hydrogen) atoms. The molecule has 3 amide bonds. The van der Waals surface area contributed by atoms with E-state index in [1.54, 1.807) is 19.2 Å². The summed E-state index contributed by atoms with van der Waals surface area (Å²) in [6.45, 7) is 7.47. The van der Waals surface area contributed by atoms with Crippen LogP contribution in [0.25, 0.3) is 0 Å². The summed E-state index contributed by atoms with van der Waals surface area (Å²) in [5, 5.41) is 5.54. The summed E-state index contributed by atoms with van der Waals surface area (Å²) < 4.78 is 0. The third kappa shape index (κ3) is 5.07. The summed E-state index contributed by atoms with van der Waals surface area (Å²) in [5.74, 6) is -0.00268. The molecule has 6 nitrogen and oxygen atoms in total. The molecule has 2 N–H and O–H groups in total. The van der Waals surface area contributed by atoms with Crippen molar-refractivity contribution in [3.05, 3.63) is 35.4 Å². The lowest BCUT2D eigenvalue weighted by atomic mass is 9.90. The average molecular weight is 359 g/mol. The zero-order valence-corrected chi connectivity index (χ0v) is 16.1. The minimum absolute atomic E-state index is 0.0308. The number of piperidine rings is 1. The Balaban J connectivity index is 1.81. The van der Waals surface area contributed by atoms with Gasteiger partial charge in [-0.25, -0.2) is 0 Å². The van der Waals surface area contributed by atoms with Gasteiger partial charge in [0.1, 0.15) is 0 Å². The Hall–Kier alpha value is -2.37. The zero-order chi connectivity index (χ0) is 19.3. The number of likely N-dealkylation sites (tertiary alicyclic amines) is 1. The fourth-order valence-electron chi connectivity index (χ4n) is 3.07. The Bertz CT molecular complexity index is 654. The van der Waals surface area contributed by atoms with E-state index < -0.39 is 0 Å². The number of carbonyl (C=O) groups excluding carboxylic acids is 3. The summed E-state index contributed by atoms with van der Waals surface area (Å²) in [5.41, 5.74) is 1.17. The van der Waals surface area contributed by atoms with Crippen LogP contribution in [0.15, 0.2) is 24.3 Å². The SMILES string of the molecule is CNC(=O)c1ccc(CNC(=O)C2CCN(C(=O)C(C)(C)C)CC2)cc1. The quantitative estimate of drug-likeness (QED) is 0.862. The molecule has 6 heteroatoms. The Labute approximate surface area is 155 Å². The standard InChI is InChI=1S/C20H29N3O3/c1-20(2,3)19(26)23-11-9-16(10-12-23)18(25)22-13-14-5-7-15(8-6-14)17(24)21-4/h5-8,16H,9-13H2,1-4H3,(H,21,24)(H,22,25). The highest BCUT2D eigenvalue weighted by Gasteiger charge is 2.32. The van der Waals surface area contributed by atoms with Gasteiger partial charge in [0, 0.05) is 43.6 Å². The predicted molar refractivity (Wildman–Crippen MR) is 100 cm³/mol. The molecular formula is C20H29N3O3.